The van der Waals surface area contributed by atoms with E-state index in [2.05, 4.69) is 49.7 Å². The molecule has 1 aromatic carbocycles. The molecule has 0 saturated carbocycles. The standard InChI is InChI=1S/C18H27N5O2/c1-11(2)23(12(3)4)13(5)10-22-15-9-7-6-8-14(15)16(17(22)24)20-21-18(19)25/h6-9,11-13,24H,10H2,1-5H3,(H2,19,25). The summed E-state index contributed by atoms with van der Waals surface area (Å²) < 4.78 is 1.81. The van der Waals surface area contributed by atoms with Crippen molar-refractivity contribution in [3.05, 3.63) is 24.3 Å². The molecule has 0 spiro atoms. The van der Waals surface area contributed by atoms with Crippen LogP contribution in [0.5, 0.6) is 5.88 Å². The lowest BCUT2D eigenvalue weighted by atomic mass is 10.1. The molecule has 2 aromatic rings. The zero-order valence-electron chi connectivity index (χ0n) is 15.5. The Balaban J connectivity index is 2.48. The summed E-state index contributed by atoms with van der Waals surface area (Å²) >= 11 is 0. The predicted octanol–water partition coefficient (Wildman–Crippen LogP) is 4.02. The molecule has 3 N–H and O–H groups in total. The Morgan fingerprint density at radius 1 is 1.20 bits per heavy atom. The number of primary amides is 1. The topological polar surface area (TPSA) is 96.2 Å². The molecular formula is C18H27N5O2. The molecule has 0 fully saturated rings. The summed E-state index contributed by atoms with van der Waals surface area (Å²) in [5.74, 6) is -0.00878. The van der Waals surface area contributed by atoms with E-state index in [0.717, 1.165) is 10.9 Å². The Morgan fingerprint density at radius 3 is 2.36 bits per heavy atom. The quantitative estimate of drug-likeness (QED) is 0.774. The van der Waals surface area contributed by atoms with Gasteiger partial charge in [0.2, 0.25) is 5.88 Å². The maximum Gasteiger partial charge on any atom is 0.356 e. The second-order valence-electron chi connectivity index (χ2n) is 6.82. The largest absolute Gasteiger partial charge is 0.493 e. The molecule has 136 valence electrons. The number of benzene rings is 1. The number of amides is 2. The molecule has 1 unspecified atom stereocenters. The van der Waals surface area contributed by atoms with Crippen molar-refractivity contribution in [2.75, 3.05) is 0 Å². The van der Waals surface area contributed by atoms with Crippen molar-refractivity contribution < 1.29 is 9.90 Å². The summed E-state index contributed by atoms with van der Waals surface area (Å²) in [6.45, 7) is 11.4. The SMILES string of the molecule is CC(C)N(C(C)C)C(C)Cn1c(O)c(N=NC(N)=O)c2ccccc21. The van der Waals surface area contributed by atoms with Crippen LogP contribution in [0.3, 0.4) is 0 Å². The Hall–Kier alpha value is -2.41. The molecular weight excluding hydrogens is 318 g/mol. The number of urea groups is 1. The molecule has 1 heterocycles. The first kappa shape index (κ1) is 18.9. The zero-order chi connectivity index (χ0) is 18.7. The van der Waals surface area contributed by atoms with Crippen LogP contribution in [0.2, 0.25) is 0 Å². The van der Waals surface area contributed by atoms with Crippen LogP contribution < -0.4 is 5.73 Å². The average molecular weight is 345 g/mol. The number of para-hydroxylation sites is 1. The van der Waals surface area contributed by atoms with Gasteiger partial charge in [0.1, 0.15) is 0 Å². The maximum absolute atomic E-state index is 10.9. The number of nitrogens with two attached hydrogens (primary N) is 1. The first-order chi connectivity index (χ1) is 11.7. The third-order valence-electron chi connectivity index (χ3n) is 4.31. The van der Waals surface area contributed by atoms with Gasteiger partial charge in [0.25, 0.3) is 0 Å². The number of azo groups is 1. The van der Waals surface area contributed by atoms with E-state index < -0.39 is 6.03 Å². The smallest absolute Gasteiger partial charge is 0.356 e. The number of nitrogens with zero attached hydrogens (tertiary/aromatic N) is 4. The van der Waals surface area contributed by atoms with Gasteiger partial charge in [0.05, 0.1) is 5.52 Å². The second-order valence-corrected chi connectivity index (χ2v) is 6.82. The molecule has 0 aliphatic rings. The lowest BCUT2D eigenvalue weighted by Gasteiger charge is -2.36. The Bertz CT molecular complexity index is 771. The van der Waals surface area contributed by atoms with E-state index >= 15 is 0 Å². The summed E-state index contributed by atoms with van der Waals surface area (Å²) in [5.41, 5.74) is 6.14. The number of carbonyl (C=O) groups excluding carboxylic acids is 1. The molecule has 7 heteroatoms. The van der Waals surface area contributed by atoms with Gasteiger partial charge in [-0.1, -0.05) is 23.3 Å². The summed E-state index contributed by atoms with van der Waals surface area (Å²) in [6, 6.07) is 7.58. The first-order valence-electron chi connectivity index (χ1n) is 8.52. The van der Waals surface area contributed by atoms with Crippen LogP contribution in [-0.4, -0.2) is 38.7 Å². The van der Waals surface area contributed by atoms with Crippen LogP contribution in [0.4, 0.5) is 10.5 Å². The number of hydrogen-bond donors (Lipinski definition) is 2. The van der Waals surface area contributed by atoms with E-state index in [1.54, 1.807) is 0 Å². The molecule has 0 aliphatic heterocycles. The molecule has 2 rings (SSSR count). The van der Waals surface area contributed by atoms with Crippen molar-refractivity contribution in [1.82, 2.24) is 9.47 Å². The van der Waals surface area contributed by atoms with E-state index in [1.807, 2.05) is 28.8 Å². The molecule has 7 nitrogen and oxygen atoms in total. The highest BCUT2D eigenvalue weighted by Gasteiger charge is 2.24. The Kier molecular flexibility index (Phi) is 5.79. The number of carbonyl (C=O) groups is 1. The second kappa shape index (κ2) is 7.65. The number of aromatic hydroxyl groups is 1. The molecule has 0 aliphatic carbocycles. The molecule has 1 atom stereocenters. The Morgan fingerprint density at radius 2 is 1.80 bits per heavy atom. The van der Waals surface area contributed by atoms with Gasteiger partial charge in [-0.2, -0.15) is 0 Å². The van der Waals surface area contributed by atoms with E-state index in [-0.39, 0.29) is 17.6 Å². The minimum Gasteiger partial charge on any atom is -0.493 e. The number of aromatic nitrogens is 1. The fourth-order valence-corrected chi connectivity index (χ4v) is 3.63. The number of rotatable bonds is 6. The highest BCUT2D eigenvalue weighted by Crippen LogP contribution is 2.39. The molecule has 0 bridgehead atoms. The van der Waals surface area contributed by atoms with E-state index in [4.69, 9.17) is 5.73 Å². The zero-order valence-corrected chi connectivity index (χ0v) is 15.5. The lowest BCUT2D eigenvalue weighted by molar-refractivity contribution is 0.110. The monoisotopic (exact) mass is 345 g/mol. The van der Waals surface area contributed by atoms with Crippen molar-refractivity contribution in [2.45, 2.75) is 59.3 Å². The van der Waals surface area contributed by atoms with Gasteiger partial charge in [-0.25, -0.2) is 4.79 Å². The van der Waals surface area contributed by atoms with Gasteiger partial charge in [-0.3, -0.25) is 4.90 Å². The number of hydrogen-bond acceptors (Lipinski definition) is 4. The maximum atomic E-state index is 10.9. The van der Waals surface area contributed by atoms with Gasteiger partial charge < -0.3 is 15.4 Å². The predicted molar refractivity (Wildman–Crippen MR) is 99.3 cm³/mol. The normalized spacial score (nSPS) is 13.6. The van der Waals surface area contributed by atoms with Gasteiger partial charge in [-0.05, 0) is 40.7 Å². The van der Waals surface area contributed by atoms with Crippen LogP contribution >= 0.6 is 0 Å². The van der Waals surface area contributed by atoms with E-state index in [1.165, 1.54) is 0 Å². The van der Waals surface area contributed by atoms with Crippen molar-refractivity contribution in [3.63, 3.8) is 0 Å². The van der Waals surface area contributed by atoms with Crippen molar-refractivity contribution in [1.29, 1.82) is 0 Å². The van der Waals surface area contributed by atoms with Gasteiger partial charge in [0, 0.05) is 30.1 Å². The highest BCUT2D eigenvalue weighted by molar-refractivity contribution is 5.95. The van der Waals surface area contributed by atoms with Crippen molar-refractivity contribution in [3.8, 4) is 5.88 Å². The summed E-state index contributed by atoms with van der Waals surface area (Å²) in [6.07, 6.45) is 0. The molecule has 25 heavy (non-hydrogen) atoms. The van der Waals surface area contributed by atoms with Gasteiger partial charge in [-0.15, -0.1) is 5.11 Å². The molecule has 1 aromatic heterocycles. The van der Waals surface area contributed by atoms with Crippen molar-refractivity contribution >= 4 is 22.6 Å². The third kappa shape index (κ3) is 3.99. The fraction of sp³-hybridized carbons (Fsp3) is 0.500. The average Bonchev–Trinajstić information content (AvgIpc) is 2.77. The molecule has 0 saturated heterocycles. The van der Waals surface area contributed by atoms with E-state index in [9.17, 15) is 9.90 Å². The summed E-state index contributed by atoms with van der Waals surface area (Å²) in [5, 5.41) is 18.6. The number of fused-ring (bicyclic) bond motifs is 1. The van der Waals surface area contributed by atoms with Crippen LogP contribution in [0.25, 0.3) is 10.9 Å². The molecule has 2 amide bonds. The van der Waals surface area contributed by atoms with Gasteiger partial charge >= 0.3 is 6.03 Å². The minimum atomic E-state index is -0.893. The first-order valence-corrected chi connectivity index (χ1v) is 8.52. The minimum absolute atomic E-state index is 0.00878. The third-order valence-corrected chi connectivity index (χ3v) is 4.31. The van der Waals surface area contributed by atoms with Crippen LogP contribution in [0, 0.1) is 0 Å². The lowest BCUT2D eigenvalue weighted by Crippen LogP contribution is -2.45. The summed E-state index contributed by atoms with van der Waals surface area (Å²) in [7, 11) is 0. The van der Waals surface area contributed by atoms with Crippen molar-refractivity contribution in [2.24, 2.45) is 16.0 Å². The fourth-order valence-electron chi connectivity index (χ4n) is 3.63. The van der Waals surface area contributed by atoms with Crippen LogP contribution in [0.1, 0.15) is 34.6 Å². The van der Waals surface area contributed by atoms with E-state index in [0.29, 0.717) is 18.6 Å². The molecule has 0 radical (unpaired) electrons. The van der Waals surface area contributed by atoms with Crippen LogP contribution in [0.15, 0.2) is 34.5 Å². The summed E-state index contributed by atoms with van der Waals surface area (Å²) in [4.78, 5) is 13.3. The Labute approximate surface area is 148 Å². The van der Waals surface area contributed by atoms with Gasteiger partial charge in [0.15, 0.2) is 5.69 Å². The highest BCUT2D eigenvalue weighted by atomic mass is 16.3. The van der Waals surface area contributed by atoms with Crippen LogP contribution in [-0.2, 0) is 6.54 Å².